The molecule has 5 rings (SSSR count). The fraction of sp³-hybridized carbons (Fsp3) is 0.158. The molecule has 0 saturated carbocycles. The summed E-state index contributed by atoms with van der Waals surface area (Å²) in [5.74, 6) is 2.79. The van der Waals surface area contributed by atoms with Crippen molar-refractivity contribution in [1.82, 2.24) is 9.97 Å². The number of rotatable bonds is 2. The molecule has 0 amide bonds. The van der Waals surface area contributed by atoms with Gasteiger partial charge in [0.1, 0.15) is 30.1 Å². The summed E-state index contributed by atoms with van der Waals surface area (Å²) < 4.78 is 17.2. The lowest BCUT2D eigenvalue weighted by Crippen LogP contribution is -2.15. The van der Waals surface area contributed by atoms with Crippen LogP contribution in [0.2, 0.25) is 0 Å². The van der Waals surface area contributed by atoms with E-state index in [2.05, 4.69) is 15.3 Å². The zero-order valence-corrected chi connectivity index (χ0v) is 13.6. The summed E-state index contributed by atoms with van der Waals surface area (Å²) in [5, 5.41) is 4.30. The minimum Gasteiger partial charge on any atom is -0.486 e. The Balaban J connectivity index is 1.63. The molecule has 0 unspecified atom stereocenters. The second kappa shape index (κ2) is 5.37. The third-order valence-corrected chi connectivity index (χ3v) is 4.14. The summed E-state index contributed by atoms with van der Waals surface area (Å²) in [7, 11) is 0. The maximum Gasteiger partial charge on any atom is 0.196 e. The first-order valence-electron chi connectivity index (χ1n) is 8.10. The van der Waals surface area contributed by atoms with Crippen molar-refractivity contribution in [1.29, 1.82) is 0 Å². The molecule has 0 fully saturated rings. The maximum atomic E-state index is 5.98. The Morgan fingerprint density at radius 2 is 1.80 bits per heavy atom. The molecule has 0 spiro atoms. The molecule has 3 heterocycles. The van der Waals surface area contributed by atoms with Crippen LogP contribution in [-0.2, 0) is 0 Å². The average Bonchev–Trinajstić information content (AvgIpc) is 3.01. The monoisotopic (exact) mass is 333 g/mol. The largest absolute Gasteiger partial charge is 0.486 e. The van der Waals surface area contributed by atoms with Gasteiger partial charge in [-0.3, -0.25) is 0 Å². The topological polar surface area (TPSA) is 69.4 Å². The Morgan fingerprint density at radius 3 is 2.72 bits per heavy atom. The van der Waals surface area contributed by atoms with Gasteiger partial charge in [0.2, 0.25) is 0 Å². The molecule has 0 atom stereocenters. The minimum atomic E-state index is 0.552. The van der Waals surface area contributed by atoms with Gasteiger partial charge in [-0.2, -0.15) is 0 Å². The van der Waals surface area contributed by atoms with Crippen LogP contribution in [0.4, 0.5) is 11.5 Å². The number of benzene rings is 2. The molecule has 6 nitrogen and oxygen atoms in total. The summed E-state index contributed by atoms with van der Waals surface area (Å²) in [6.07, 6.45) is 0. The van der Waals surface area contributed by atoms with E-state index in [-0.39, 0.29) is 0 Å². The van der Waals surface area contributed by atoms with Crippen molar-refractivity contribution in [3.63, 3.8) is 0 Å². The highest BCUT2D eigenvalue weighted by Crippen LogP contribution is 2.36. The lowest BCUT2D eigenvalue weighted by Gasteiger charge is -2.19. The Bertz CT molecular complexity index is 1100. The van der Waals surface area contributed by atoms with E-state index in [1.54, 1.807) is 0 Å². The molecule has 1 aliphatic heterocycles. The number of ether oxygens (including phenoxy) is 2. The highest BCUT2D eigenvalue weighted by molar-refractivity contribution is 6.06. The molecule has 4 aromatic rings. The van der Waals surface area contributed by atoms with Gasteiger partial charge in [0.15, 0.2) is 22.9 Å². The zero-order valence-electron chi connectivity index (χ0n) is 13.6. The fourth-order valence-electron chi connectivity index (χ4n) is 3.05. The van der Waals surface area contributed by atoms with Crippen LogP contribution in [0.1, 0.15) is 5.82 Å². The van der Waals surface area contributed by atoms with Gasteiger partial charge in [0.25, 0.3) is 0 Å². The number of fused-ring (bicyclic) bond motifs is 4. The number of nitrogens with zero attached hydrogens (tertiary/aromatic N) is 2. The van der Waals surface area contributed by atoms with Gasteiger partial charge in [0.05, 0.1) is 0 Å². The van der Waals surface area contributed by atoms with Gasteiger partial charge in [-0.05, 0) is 31.2 Å². The molecule has 0 radical (unpaired) electrons. The van der Waals surface area contributed by atoms with Gasteiger partial charge >= 0.3 is 0 Å². The number of nitrogens with one attached hydrogen (secondary N) is 1. The molecular formula is C19H15N3O3. The minimum absolute atomic E-state index is 0.552. The number of aryl methyl sites for hydroxylation is 1. The van der Waals surface area contributed by atoms with Crippen LogP contribution >= 0.6 is 0 Å². The van der Waals surface area contributed by atoms with Crippen LogP contribution in [0.15, 0.2) is 46.9 Å². The highest BCUT2D eigenvalue weighted by atomic mass is 16.6. The predicted molar refractivity (Wildman–Crippen MR) is 94.8 cm³/mol. The van der Waals surface area contributed by atoms with E-state index in [4.69, 9.17) is 13.9 Å². The standard InChI is InChI=1S/C19H15N3O3/c1-11-20-17-13-4-2-3-5-14(13)25-18(17)19(21-11)22-12-6-7-15-16(10-12)24-9-8-23-15/h2-7,10H,8-9H2,1H3,(H,20,21,22). The molecule has 2 aromatic carbocycles. The predicted octanol–water partition coefficient (Wildman–Crippen LogP) is 4.20. The summed E-state index contributed by atoms with van der Waals surface area (Å²) >= 11 is 0. The lowest BCUT2D eigenvalue weighted by atomic mass is 10.2. The highest BCUT2D eigenvalue weighted by Gasteiger charge is 2.16. The van der Waals surface area contributed by atoms with E-state index in [9.17, 15) is 0 Å². The Hall–Kier alpha value is -3.28. The van der Waals surface area contributed by atoms with Crippen LogP contribution < -0.4 is 14.8 Å². The Labute approximate surface area is 143 Å². The third kappa shape index (κ3) is 2.34. The normalized spacial score (nSPS) is 13.3. The van der Waals surface area contributed by atoms with E-state index in [0.29, 0.717) is 30.4 Å². The molecule has 25 heavy (non-hydrogen) atoms. The summed E-state index contributed by atoms with van der Waals surface area (Å²) in [5.41, 5.74) is 3.09. The van der Waals surface area contributed by atoms with Crippen LogP contribution in [0, 0.1) is 6.92 Å². The summed E-state index contributed by atoms with van der Waals surface area (Å²) in [6.45, 7) is 3.00. The molecule has 1 aliphatic rings. The van der Waals surface area contributed by atoms with Gasteiger partial charge in [0, 0.05) is 17.1 Å². The van der Waals surface area contributed by atoms with Crippen molar-refractivity contribution in [3.05, 3.63) is 48.3 Å². The number of hydrogen-bond acceptors (Lipinski definition) is 6. The maximum absolute atomic E-state index is 5.98. The first-order valence-corrected chi connectivity index (χ1v) is 8.10. The zero-order chi connectivity index (χ0) is 16.8. The quantitative estimate of drug-likeness (QED) is 0.593. The van der Waals surface area contributed by atoms with Crippen LogP contribution in [0.3, 0.4) is 0 Å². The number of aromatic nitrogens is 2. The SMILES string of the molecule is Cc1nc(Nc2ccc3c(c2)OCCO3)c2oc3ccccc3c2n1. The van der Waals surface area contributed by atoms with E-state index in [1.807, 2.05) is 49.4 Å². The van der Waals surface area contributed by atoms with Gasteiger partial charge in [-0.1, -0.05) is 12.1 Å². The number of anilines is 2. The molecule has 0 aliphatic carbocycles. The van der Waals surface area contributed by atoms with Crippen LogP contribution in [0.25, 0.3) is 22.1 Å². The second-order valence-corrected chi connectivity index (χ2v) is 5.88. The number of furan rings is 1. The first kappa shape index (κ1) is 14.1. The fourth-order valence-corrected chi connectivity index (χ4v) is 3.05. The van der Waals surface area contributed by atoms with E-state index >= 15 is 0 Å². The van der Waals surface area contributed by atoms with Crippen molar-refractivity contribution in [2.45, 2.75) is 6.92 Å². The van der Waals surface area contributed by atoms with Crippen molar-refractivity contribution in [3.8, 4) is 11.5 Å². The van der Waals surface area contributed by atoms with Gasteiger partial charge in [-0.15, -0.1) is 0 Å². The van der Waals surface area contributed by atoms with Crippen LogP contribution in [0.5, 0.6) is 11.5 Å². The lowest BCUT2D eigenvalue weighted by molar-refractivity contribution is 0.171. The molecule has 6 heteroatoms. The molecule has 2 aromatic heterocycles. The average molecular weight is 333 g/mol. The molecular weight excluding hydrogens is 318 g/mol. The smallest absolute Gasteiger partial charge is 0.196 e. The summed E-state index contributed by atoms with van der Waals surface area (Å²) in [6, 6.07) is 13.6. The molecule has 1 N–H and O–H groups in total. The van der Waals surface area contributed by atoms with E-state index in [1.165, 1.54) is 0 Å². The van der Waals surface area contributed by atoms with Crippen molar-refractivity contribution >= 4 is 33.6 Å². The number of hydrogen-bond donors (Lipinski definition) is 1. The summed E-state index contributed by atoms with van der Waals surface area (Å²) in [4.78, 5) is 9.06. The molecule has 0 saturated heterocycles. The molecule has 0 bridgehead atoms. The first-order chi connectivity index (χ1) is 12.3. The molecule has 124 valence electrons. The Morgan fingerprint density at radius 1 is 0.960 bits per heavy atom. The van der Waals surface area contributed by atoms with Crippen LogP contribution in [-0.4, -0.2) is 23.2 Å². The van der Waals surface area contributed by atoms with E-state index in [0.717, 1.165) is 33.7 Å². The Kier molecular flexibility index (Phi) is 3.03. The van der Waals surface area contributed by atoms with Crippen molar-refractivity contribution in [2.24, 2.45) is 0 Å². The van der Waals surface area contributed by atoms with Gasteiger partial charge < -0.3 is 19.2 Å². The second-order valence-electron chi connectivity index (χ2n) is 5.88. The van der Waals surface area contributed by atoms with E-state index < -0.39 is 0 Å². The van der Waals surface area contributed by atoms with Gasteiger partial charge in [-0.25, -0.2) is 9.97 Å². The number of para-hydroxylation sites is 1. The van der Waals surface area contributed by atoms with Crippen molar-refractivity contribution in [2.75, 3.05) is 18.5 Å². The third-order valence-electron chi connectivity index (χ3n) is 4.14. The van der Waals surface area contributed by atoms with Crippen molar-refractivity contribution < 1.29 is 13.9 Å².